The number of imidazole rings is 1. The summed E-state index contributed by atoms with van der Waals surface area (Å²) in [6, 6.07) is -4.18. The van der Waals surface area contributed by atoms with E-state index in [0.29, 0.717) is 25.1 Å². The van der Waals surface area contributed by atoms with Gasteiger partial charge in [-0.25, -0.2) is 9.78 Å². The smallest absolute Gasteiger partial charge is 0.328 e. The van der Waals surface area contributed by atoms with Crippen LogP contribution in [0.3, 0.4) is 0 Å². The third-order valence-corrected chi connectivity index (χ3v) is 5.45. The number of hydrogen-bond acceptors (Lipinski definition) is 7. The SMILES string of the molecule is CC(C)C(NC(=O)C(N)Cc1cnc[nH]1)C(=O)N1CCCC1C(=O)NC(C(=O)O)C(C)O. The molecule has 1 aromatic rings. The first-order chi connectivity index (χ1) is 15.0. The van der Waals surface area contributed by atoms with E-state index < -0.39 is 54.0 Å². The van der Waals surface area contributed by atoms with Crippen molar-refractivity contribution in [1.29, 1.82) is 0 Å². The highest BCUT2D eigenvalue weighted by molar-refractivity contribution is 5.94. The number of carboxylic acids is 1. The minimum absolute atomic E-state index is 0.218. The van der Waals surface area contributed by atoms with E-state index in [1.165, 1.54) is 18.2 Å². The number of carboxylic acid groups (broad SMARTS) is 1. The number of carbonyl (C=O) groups is 4. The van der Waals surface area contributed by atoms with Gasteiger partial charge >= 0.3 is 5.97 Å². The van der Waals surface area contributed by atoms with Crippen molar-refractivity contribution in [2.24, 2.45) is 11.7 Å². The fourth-order valence-corrected chi connectivity index (χ4v) is 3.62. The van der Waals surface area contributed by atoms with E-state index in [0.717, 1.165) is 0 Å². The van der Waals surface area contributed by atoms with Crippen molar-refractivity contribution >= 4 is 23.7 Å². The Morgan fingerprint density at radius 1 is 1.25 bits per heavy atom. The summed E-state index contributed by atoms with van der Waals surface area (Å²) < 4.78 is 0. The van der Waals surface area contributed by atoms with Crippen LogP contribution in [0.15, 0.2) is 12.5 Å². The number of H-pyrrole nitrogens is 1. The molecule has 0 saturated carbocycles. The number of rotatable bonds is 10. The van der Waals surface area contributed by atoms with E-state index in [1.807, 2.05) is 0 Å². The highest BCUT2D eigenvalue weighted by Crippen LogP contribution is 2.21. The van der Waals surface area contributed by atoms with E-state index in [4.69, 9.17) is 5.73 Å². The summed E-state index contributed by atoms with van der Waals surface area (Å²) >= 11 is 0. The number of nitrogens with zero attached hydrogens (tertiary/aromatic N) is 2. The van der Waals surface area contributed by atoms with E-state index in [2.05, 4.69) is 20.6 Å². The first-order valence-electron chi connectivity index (χ1n) is 10.6. The van der Waals surface area contributed by atoms with Crippen LogP contribution in [-0.4, -0.2) is 85.6 Å². The normalized spacial score (nSPS) is 19.8. The molecule has 0 radical (unpaired) electrons. The molecule has 0 spiro atoms. The Balaban J connectivity index is 2.07. The van der Waals surface area contributed by atoms with Gasteiger partial charge in [-0.05, 0) is 25.7 Å². The molecule has 5 unspecified atom stereocenters. The van der Waals surface area contributed by atoms with Gasteiger partial charge < -0.3 is 36.5 Å². The van der Waals surface area contributed by atoms with Gasteiger partial charge in [-0.3, -0.25) is 14.4 Å². The van der Waals surface area contributed by atoms with E-state index >= 15 is 0 Å². The molecule has 12 heteroatoms. The highest BCUT2D eigenvalue weighted by Gasteiger charge is 2.40. The Morgan fingerprint density at radius 3 is 2.47 bits per heavy atom. The van der Waals surface area contributed by atoms with Gasteiger partial charge in [0.1, 0.15) is 12.1 Å². The Hall–Kier alpha value is -2.99. The molecule has 178 valence electrons. The van der Waals surface area contributed by atoms with Crippen LogP contribution in [0.2, 0.25) is 0 Å². The summed E-state index contributed by atoms with van der Waals surface area (Å²) in [5, 5.41) is 23.8. The first kappa shape index (κ1) is 25.3. The molecule has 1 saturated heterocycles. The predicted molar refractivity (Wildman–Crippen MR) is 113 cm³/mol. The number of nitrogens with one attached hydrogen (secondary N) is 3. The molecular weight excluding hydrogens is 420 g/mol. The average molecular weight is 453 g/mol. The molecule has 1 aliphatic rings. The number of carbonyl (C=O) groups excluding carboxylic acids is 3. The molecule has 7 N–H and O–H groups in total. The quantitative estimate of drug-likeness (QED) is 0.243. The van der Waals surface area contributed by atoms with Crippen LogP contribution >= 0.6 is 0 Å². The monoisotopic (exact) mass is 452 g/mol. The zero-order chi connectivity index (χ0) is 24.0. The van der Waals surface area contributed by atoms with Gasteiger partial charge in [0, 0.05) is 24.9 Å². The third-order valence-electron chi connectivity index (χ3n) is 5.45. The van der Waals surface area contributed by atoms with Crippen LogP contribution in [0, 0.1) is 5.92 Å². The summed E-state index contributed by atoms with van der Waals surface area (Å²) in [5.41, 5.74) is 6.65. The topological polar surface area (TPSA) is 191 Å². The maximum absolute atomic E-state index is 13.2. The minimum Gasteiger partial charge on any atom is -0.480 e. The second-order valence-electron chi connectivity index (χ2n) is 8.37. The Bertz CT molecular complexity index is 812. The first-order valence-corrected chi connectivity index (χ1v) is 10.6. The molecule has 0 bridgehead atoms. The highest BCUT2D eigenvalue weighted by atomic mass is 16.4. The zero-order valence-corrected chi connectivity index (χ0v) is 18.4. The van der Waals surface area contributed by atoms with Crippen molar-refractivity contribution in [1.82, 2.24) is 25.5 Å². The van der Waals surface area contributed by atoms with Gasteiger partial charge in [0.15, 0.2) is 6.04 Å². The largest absolute Gasteiger partial charge is 0.480 e. The van der Waals surface area contributed by atoms with E-state index in [9.17, 15) is 29.4 Å². The molecule has 32 heavy (non-hydrogen) atoms. The molecule has 1 aliphatic heterocycles. The van der Waals surface area contributed by atoms with Gasteiger partial charge in [0.2, 0.25) is 17.7 Å². The number of aromatic amines is 1. The molecule has 5 atom stereocenters. The molecule has 0 aliphatic carbocycles. The molecular formula is C20H32N6O6. The second-order valence-corrected chi connectivity index (χ2v) is 8.37. The number of aliphatic hydroxyl groups excluding tert-OH is 1. The van der Waals surface area contributed by atoms with Gasteiger partial charge in [-0.1, -0.05) is 13.8 Å². The number of amides is 3. The number of aromatic nitrogens is 2. The van der Waals surface area contributed by atoms with Gasteiger partial charge in [0.05, 0.1) is 18.5 Å². The van der Waals surface area contributed by atoms with Crippen molar-refractivity contribution in [2.45, 2.75) is 70.3 Å². The maximum Gasteiger partial charge on any atom is 0.328 e. The Kier molecular flexibility index (Phi) is 8.72. The molecule has 0 aromatic carbocycles. The fraction of sp³-hybridized carbons (Fsp3) is 0.650. The van der Waals surface area contributed by atoms with Crippen LogP contribution in [0.25, 0.3) is 0 Å². The van der Waals surface area contributed by atoms with Crippen LogP contribution in [0.4, 0.5) is 0 Å². The van der Waals surface area contributed by atoms with E-state index in [1.54, 1.807) is 20.0 Å². The molecule has 1 aromatic heterocycles. The second kappa shape index (κ2) is 11.0. The molecule has 1 fully saturated rings. The fourth-order valence-electron chi connectivity index (χ4n) is 3.62. The molecule has 3 amide bonds. The van der Waals surface area contributed by atoms with Gasteiger partial charge in [-0.2, -0.15) is 0 Å². The summed E-state index contributed by atoms with van der Waals surface area (Å²) in [6.45, 7) is 5.08. The van der Waals surface area contributed by atoms with Crippen LogP contribution in [0.5, 0.6) is 0 Å². The zero-order valence-electron chi connectivity index (χ0n) is 18.4. The van der Waals surface area contributed by atoms with Crippen molar-refractivity contribution < 1.29 is 29.4 Å². The average Bonchev–Trinajstić information content (AvgIpc) is 3.40. The predicted octanol–water partition coefficient (Wildman–Crippen LogP) is -1.64. The molecule has 2 rings (SSSR count). The van der Waals surface area contributed by atoms with Crippen LogP contribution < -0.4 is 16.4 Å². The summed E-state index contributed by atoms with van der Waals surface area (Å²) in [7, 11) is 0. The summed E-state index contributed by atoms with van der Waals surface area (Å²) in [5.74, 6) is -3.26. The molecule has 2 heterocycles. The number of likely N-dealkylation sites (tertiary alicyclic amines) is 1. The molecule has 12 nitrogen and oxygen atoms in total. The van der Waals surface area contributed by atoms with Crippen molar-refractivity contribution in [3.8, 4) is 0 Å². The number of nitrogens with two attached hydrogens (primary N) is 1. The maximum atomic E-state index is 13.2. The lowest BCUT2D eigenvalue weighted by molar-refractivity contribution is -0.147. The van der Waals surface area contributed by atoms with Crippen molar-refractivity contribution in [3.63, 3.8) is 0 Å². The van der Waals surface area contributed by atoms with Gasteiger partial charge in [0.25, 0.3) is 0 Å². The number of hydrogen-bond donors (Lipinski definition) is 6. The van der Waals surface area contributed by atoms with E-state index in [-0.39, 0.29) is 12.3 Å². The summed E-state index contributed by atoms with van der Waals surface area (Å²) in [4.78, 5) is 57.9. The number of aliphatic hydroxyl groups is 1. The minimum atomic E-state index is -1.49. The standard InChI is InChI=1S/C20H32N6O6/c1-10(2)15(24-17(28)13(21)7-12-8-22-9-23-12)19(30)26-6-4-5-14(26)18(29)25-16(11(3)27)20(31)32/h8-11,13-16,27H,4-7,21H2,1-3H3,(H,22,23)(H,24,28)(H,25,29)(H,31,32). The number of aliphatic carboxylic acids is 1. The van der Waals surface area contributed by atoms with Crippen molar-refractivity contribution in [3.05, 3.63) is 18.2 Å². The lowest BCUT2D eigenvalue weighted by Crippen LogP contribution is -2.59. The summed E-state index contributed by atoms with van der Waals surface area (Å²) in [6.07, 6.45) is 2.85. The van der Waals surface area contributed by atoms with Crippen molar-refractivity contribution in [2.75, 3.05) is 6.54 Å². The van der Waals surface area contributed by atoms with Gasteiger partial charge in [-0.15, -0.1) is 0 Å². The van der Waals surface area contributed by atoms with Crippen LogP contribution in [-0.2, 0) is 25.6 Å². The lowest BCUT2D eigenvalue weighted by Gasteiger charge is -2.31. The third kappa shape index (κ3) is 6.26. The Morgan fingerprint density at radius 2 is 1.94 bits per heavy atom. The Labute approximate surface area is 185 Å². The lowest BCUT2D eigenvalue weighted by atomic mass is 10.0. The van der Waals surface area contributed by atoms with Crippen LogP contribution in [0.1, 0.15) is 39.3 Å².